The molecule has 0 spiro atoms. The SMILES string of the molecule is CCO/C(N)=C/C(C)=O.COc1ccccc1-n1nc(C)cc1N.COc1ccccc1NN.Cl. The van der Waals surface area contributed by atoms with E-state index in [-0.39, 0.29) is 24.1 Å². The zero-order chi connectivity index (χ0) is 25.5. The molecule has 0 bridgehead atoms. The molecule has 0 aliphatic heterocycles. The summed E-state index contributed by atoms with van der Waals surface area (Å²) < 4.78 is 16.7. The van der Waals surface area contributed by atoms with Crippen molar-refractivity contribution in [2.24, 2.45) is 11.6 Å². The van der Waals surface area contributed by atoms with Gasteiger partial charge in [-0.25, -0.2) is 4.68 Å². The van der Waals surface area contributed by atoms with Gasteiger partial charge in [-0.2, -0.15) is 5.10 Å². The Labute approximate surface area is 212 Å². The van der Waals surface area contributed by atoms with E-state index in [2.05, 4.69) is 10.5 Å². The van der Waals surface area contributed by atoms with Crippen LogP contribution < -0.4 is 32.2 Å². The summed E-state index contributed by atoms with van der Waals surface area (Å²) in [5.74, 6) is 7.40. The fourth-order valence-corrected chi connectivity index (χ4v) is 2.69. The molecule has 0 aliphatic carbocycles. The first-order chi connectivity index (χ1) is 16.3. The van der Waals surface area contributed by atoms with Crippen molar-refractivity contribution in [3.63, 3.8) is 0 Å². The molecule has 3 rings (SSSR count). The molecule has 0 aliphatic rings. The number of carbonyl (C=O) groups is 1. The zero-order valence-corrected chi connectivity index (χ0v) is 21.5. The fourth-order valence-electron chi connectivity index (χ4n) is 2.69. The van der Waals surface area contributed by atoms with Gasteiger partial charge >= 0.3 is 0 Å². The average Bonchev–Trinajstić information content (AvgIpc) is 3.17. The van der Waals surface area contributed by atoms with Crippen LogP contribution in [-0.4, -0.2) is 36.4 Å². The van der Waals surface area contributed by atoms with Crippen LogP contribution >= 0.6 is 12.4 Å². The summed E-state index contributed by atoms with van der Waals surface area (Å²) in [5.41, 5.74) is 16.1. The predicted molar refractivity (Wildman–Crippen MR) is 142 cm³/mol. The number of aromatic nitrogens is 2. The van der Waals surface area contributed by atoms with Crippen LogP contribution in [0.4, 0.5) is 11.5 Å². The average molecular weight is 507 g/mol. The number of para-hydroxylation sites is 4. The number of anilines is 2. The molecule has 192 valence electrons. The van der Waals surface area contributed by atoms with Crippen molar-refractivity contribution < 1.29 is 19.0 Å². The van der Waals surface area contributed by atoms with Crippen LogP contribution in [0.1, 0.15) is 19.5 Å². The van der Waals surface area contributed by atoms with Crippen LogP contribution in [-0.2, 0) is 9.53 Å². The van der Waals surface area contributed by atoms with Gasteiger partial charge < -0.3 is 31.1 Å². The molecule has 0 saturated carbocycles. The van der Waals surface area contributed by atoms with Gasteiger partial charge in [0.25, 0.3) is 0 Å². The lowest BCUT2D eigenvalue weighted by Crippen LogP contribution is -2.07. The molecular formula is C24H35ClN6O4. The van der Waals surface area contributed by atoms with Gasteiger partial charge in [0, 0.05) is 12.1 Å². The van der Waals surface area contributed by atoms with E-state index < -0.39 is 0 Å². The Morgan fingerprint density at radius 2 is 1.66 bits per heavy atom. The quantitative estimate of drug-likeness (QED) is 0.163. The second kappa shape index (κ2) is 16.7. The number of rotatable bonds is 7. The van der Waals surface area contributed by atoms with Gasteiger partial charge in [0.15, 0.2) is 11.7 Å². The number of ketones is 1. The highest BCUT2D eigenvalue weighted by molar-refractivity contribution is 5.87. The van der Waals surface area contributed by atoms with Gasteiger partial charge in [-0.05, 0) is 45.0 Å². The molecule has 0 radical (unpaired) electrons. The molecule has 2 aromatic carbocycles. The van der Waals surface area contributed by atoms with E-state index >= 15 is 0 Å². The van der Waals surface area contributed by atoms with E-state index in [4.69, 9.17) is 31.5 Å². The number of hydrogen-bond donors (Lipinski definition) is 4. The van der Waals surface area contributed by atoms with Crippen molar-refractivity contribution in [3.8, 4) is 17.2 Å². The van der Waals surface area contributed by atoms with Crippen molar-refractivity contribution >= 4 is 29.7 Å². The van der Waals surface area contributed by atoms with Crippen LogP contribution in [0.5, 0.6) is 11.5 Å². The van der Waals surface area contributed by atoms with Crippen LogP contribution in [0.3, 0.4) is 0 Å². The Kier molecular flexibility index (Phi) is 14.8. The summed E-state index contributed by atoms with van der Waals surface area (Å²) in [5, 5.41) is 4.30. The number of hydrogen-bond acceptors (Lipinski definition) is 9. The molecule has 0 saturated heterocycles. The molecule has 1 heterocycles. The molecule has 0 fully saturated rings. The third-order valence-corrected chi connectivity index (χ3v) is 4.09. The first kappa shape index (κ1) is 31.1. The highest BCUT2D eigenvalue weighted by Gasteiger charge is 2.08. The number of hydrazine groups is 1. The number of nitrogens with zero attached hydrogens (tertiary/aromatic N) is 2. The van der Waals surface area contributed by atoms with E-state index in [1.165, 1.54) is 13.0 Å². The summed E-state index contributed by atoms with van der Waals surface area (Å²) in [6.07, 6.45) is 1.25. The van der Waals surface area contributed by atoms with E-state index in [1.807, 2.05) is 61.5 Å². The minimum absolute atomic E-state index is 0. The standard InChI is InChI=1S/C11H13N3O.C7H10N2O.C6H11NO2.ClH/c1-8-7-11(12)14(13-8)9-5-3-4-6-10(9)15-2;1-10-7-5-3-2-4-6(7)9-8;1-3-9-6(7)4-5(2)8;/h3-7H,12H2,1-2H3;2-5,9H,8H2,1H3;4H,3,7H2,1-2H3;1H/b;;6-4+;. The first-order valence-electron chi connectivity index (χ1n) is 10.4. The molecule has 35 heavy (non-hydrogen) atoms. The summed E-state index contributed by atoms with van der Waals surface area (Å²) in [6.45, 7) is 5.63. The van der Waals surface area contributed by atoms with Gasteiger partial charge in [-0.3, -0.25) is 10.6 Å². The Bertz CT molecular complexity index is 1050. The molecule has 1 aromatic heterocycles. The molecule has 0 unspecified atom stereocenters. The van der Waals surface area contributed by atoms with Crippen LogP contribution in [0.15, 0.2) is 66.6 Å². The predicted octanol–water partition coefficient (Wildman–Crippen LogP) is 3.59. The van der Waals surface area contributed by atoms with Gasteiger partial charge in [0.1, 0.15) is 23.0 Å². The maximum Gasteiger partial charge on any atom is 0.187 e. The van der Waals surface area contributed by atoms with Crippen LogP contribution in [0, 0.1) is 6.92 Å². The second-order valence-corrected chi connectivity index (χ2v) is 6.73. The monoisotopic (exact) mass is 506 g/mol. The highest BCUT2D eigenvalue weighted by atomic mass is 35.5. The number of halogens is 1. The number of nitrogen functional groups attached to an aromatic ring is 2. The van der Waals surface area contributed by atoms with Gasteiger partial charge in [-0.15, -0.1) is 12.4 Å². The lowest BCUT2D eigenvalue weighted by atomic mass is 10.3. The Hall–Kier alpha value is -3.89. The van der Waals surface area contributed by atoms with Gasteiger partial charge in [0.2, 0.25) is 0 Å². The first-order valence-corrected chi connectivity index (χ1v) is 10.4. The zero-order valence-electron chi connectivity index (χ0n) is 20.6. The lowest BCUT2D eigenvalue weighted by Gasteiger charge is -2.08. The Balaban J connectivity index is 0.000000513. The van der Waals surface area contributed by atoms with Crippen LogP contribution in [0.2, 0.25) is 0 Å². The Morgan fingerprint density at radius 1 is 1.09 bits per heavy atom. The normalized spacial score (nSPS) is 9.83. The van der Waals surface area contributed by atoms with E-state index in [0.29, 0.717) is 12.4 Å². The summed E-state index contributed by atoms with van der Waals surface area (Å²) in [7, 11) is 3.24. The number of carbonyl (C=O) groups excluding carboxylic acids is 1. The van der Waals surface area contributed by atoms with Crippen molar-refractivity contribution in [2.75, 3.05) is 32.0 Å². The number of methoxy groups -OCH3 is 2. The summed E-state index contributed by atoms with van der Waals surface area (Å²) in [4.78, 5) is 10.3. The topological polar surface area (TPSA) is 153 Å². The maximum atomic E-state index is 10.3. The molecule has 10 nitrogen and oxygen atoms in total. The Morgan fingerprint density at radius 3 is 2.11 bits per heavy atom. The smallest absolute Gasteiger partial charge is 0.187 e. The van der Waals surface area contributed by atoms with Gasteiger partial charge in [0.05, 0.1) is 32.2 Å². The lowest BCUT2D eigenvalue weighted by molar-refractivity contribution is -0.112. The van der Waals surface area contributed by atoms with Crippen molar-refractivity contribution in [1.82, 2.24) is 9.78 Å². The molecule has 7 N–H and O–H groups in total. The number of aryl methyl sites for hydroxylation is 1. The second-order valence-electron chi connectivity index (χ2n) is 6.73. The van der Waals surface area contributed by atoms with E-state index in [0.717, 1.165) is 28.6 Å². The minimum Gasteiger partial charge on any atom is -0.495 e. The number of allylic oxidation sites excluding steroid dienone is 1. The third kappa shape index (κ3) is 10.7. The molecular weight excluding hydrogens is 472 g/mol. The summed E-state index contributed by atoms with van der Waals surface area (Å²) >= 11 is 0. The molecule has 11 heteroatoms. The number of benzene rings is 2. The number of nitrogens with one attached hydrogen (secondary N) is 1. The third-order valence-electron chi connectivity index (χ3n) is 4.09. The summed E-state index contributed by atoms with van der Waals surface area (Å²) in [6, 6.07) is 16.9. The number of ether oxygens (including phenoxy) is 3. The molecule has 3 aromatic rings. The van der Waals surface area contributed by atoms with E-state index in [1.54, 1.807) is 25.8 Å². The van der Waals surface area contributed by atoms with Crippen molar-refractivity contribution in [2.45, 2.75) is 20.8 Å². The molecule has 0 amide bonds. The van der Waals surface area contributed by atoms with Crippen LogP contribution in [0.25, 0.3) is 5.69 Å². The maximum absolute atomic E-state index is 10.3. The number of nitrogens with two attached hydrogens (primary N) is 3. The minimum atomic E-state index is -0.0963. The van der Waals surface area contributed by atoms with E-state index in [9.17, 15) is 4.79 Å². The van der Waals surface area contributed by atoms with Gasteiger partial charge in [-0.1, -0.05) is 24.3 Å². The molecule has 0 atom stereocenters. The van der Waals surface area contributed by atoms with Crippen molar-refractivity contribution in [3.05, 3.63) is 72.3 Å². The largest absolute Gasteiger partial charge is 0.495 e. The fraction of sp³-hybridized carbons (Fsp3) is 0.250. The highest BCUT2D eigenvalue weighted by Crippen LogP contribution is 2.24. The van der Waals surface area contributed by atoms with Crippen molar-refractivity contribution in [1.29, 1.82) is 0 Å².